The van der Waals surface area contributed by atoms with Gasteiger partial charge >= 0.3 is 0 Å². The van der Waals surface area contributed by atoms with Gasteiger partial charge in [0.2, 0.25) is 5.91 Å². The second-order valence-corrected chi connectivity index (χ2v) is 6.97. The van der Waals surface area contributed by atoms with Gasteiger partial charge in [0.05, 0.1) is 19.2 Å². The summed E-state index contributed by atoms with van der Waals surface area (Å²) in [5.41, 5.74) is 5.67. The molecule has 140 valence electrons. The Labute approximate surface area is 164 Å². The topological polar surface area (TPSA) is 50.7 Å². The van der Waals surface area contributed by atoms with Crippen LogP contribution in [0.4, 0.5) is 0 Å². The third-order valence-electron chi connectivity index (χ3n) is 5.36. The molecule has 0 saturated heterocycles. The van der Waals surface area contributed by atoms with Crippen molar-refractivity contribution in [1.29, 1.82) is 0 Å². The predicted octanol–water partition coefficient (Wildman–Crippen LogP) is 4.15. The molecule has 4 heteroatoms. The van der Waals surface area contributed by atoms with Gasteiger partial charge in [0, 0.05) is 5.41 Å². The van der Waals surface area contributed by atoms with Gasteiger partial charge in [-0.15, -0.1) is 0 Å². The van der Waals surface area contributed by atoms with Crippen LogP contribution in [0.5, 0.6) is 5.75 Å². The van der Waals surface area contributed by atoms with E-state index in [9.17, 15) is 4.79 Å². The van der Waals surface area contributed by atoms with Crippen molar-refractivity contribution in [3.8, 4) is 5.75 Å². The quantitative estimate of drug-likeness (QED) is 0.523. The van der Waals surface area contributed by atoms with Crippen molar-refractivity contribution in [2.75, 3.05) is 7.11 Å². The number of nitrogens with one attached hydrogen (secondary N) is 1. The highest BCUT2D eigenvalue weighted by atomic mass is 16.5. The number of nitrogens with zero attached hydrogens (tertiary/aromatic N) is 1. The third-order valence-corrected chi connectivity index (χ3v) is 5.36. The monoisotopic (exact) mass is 370 g/mol. The minimum atomic E-state index is -0.276. The molecule has 3 aromatic rings. The first-order valence-electron chi connectivity index (χ1n) is 9.32. The SMILES string of the molecule is COc1ccc(/C=N\NC(=O)[C@@H]2CC2(c2ccccc2)c2ccccc2)cc1. The van der Waals surface area contributed by atoms with E-state index in [1.807, 2.05) is 60.7 Å². The Balaban J connectivity index is 1.50. The van der Waals surface area contributed by atoms with Gasteiger partial charge in [-0.05, 0) is 47.4 Å². The smallest absolute Gasteiger partial charge is 0.244 e. The fourth-order valence-electron chi connectivity index (χ4n) is 3.79. The highest BCUT2D eigenvalue weighted by molar-refractivity contribution is 5.87. The summed E-state index contributed by atoms with van der Waals surface area (Å²) in [7, 11) is 1.63. The summed E-state index contributed by atoms with van der Waals surface area (Å²) in [5.74, 6) is 0.595. The molecule has 0 spiro atoms. The Morgan fingerprint density at radius 1 is 0.964 bits per heavy atom. The van der Waals surface area contributed by atoms with Crippen LogP contribution in [-0.4, -0.2) is 19.2 Å². The molecule has 28 heavy (non-hydrogen) atoms. The van der Waals surface area contributed by atoms with E-state index in [4.69, 9.17) is 4.74 Å². The van der Waals surface area contributed by atoms with E-state index in [0.29, 0.717) is 0 Å². The molecule has 1 fully saturated rings. The molecular weight excluding hydrogens is 348 g/mol. The molecule has 1 N–H and O–H groups in total. The van der Waals surface area contributed by atoms with E-state index in [0.717, 1.165) is 17.7 Å². The highest BCUT2D eigenvalue weighted by Crippen LogP contribution is 2.58. The summed E-state index contributed by atoms with van der Waals surface area (Å²) in [6, 6.07) is 28.0. The molecule has 4 rings (SSSR count). The van der Waals surface area contributed by atoms with Crippen LogP contribution >= 0.6 is 0 Å². The molecule has 0 heterocycles. The maximum atomic E-state index is 12.8. The van der Waals surface area contributed by atoms with Crippen molar-refractivity contribution in [3.63, 3.8) is 0 Å². The molecule has 1 amide bonds. The first-order valence-corrected chi connectivity index (χ1v) is 9.32. The lowest BCUT2D eigenvalue weighted by Crippen LogP contribution is -2.25. The Morgan fingerprint density at radius 2 is 1.54 bits per heavy atom. The number of methoxy groups -OCH3 is 1. The van der Waals surface area contributed by atoms with Crippen LogP contribution in [0, 0.1) is 5.92 Å². The van der Waals surface area contributed by atoms with Crippen molar-refractivity contribution < 1.29 is 9.53 Å². The normalized spacial score (nSPS) is 17.2. The van der Waals surface area contributed by atoms with E-state index in [2.05, 4.69) is 34.8 Å². The first kappa shape index (κ1) is 18.0. The number of rotatable bonds is 6. The summed E-state index contributed by atoms with van der Waals surface area (Å²) in [6.45, 7) is 0. The maximum absolute atomic E-state index is 12.8. The number of amides is 1. The van der Waals surface area contributed by atoms with Crippen molar-refractivity contribution in [3.05, 3.63) is 102 Å². The molecule has 0 unspecified atom stereocenters. The number of hydrogen-bond donors (Lipinski definition) is 1. The second kappa shape index (κ2) is 7.69. The number of carbonyl (C=O) groups excluding carboxylic acids is 1. The van der Waals surface area contributed by atoms with Crippen molar-refractivity contribution in [2.24, 2.45) is 11.0 Å². The average molecular weight is 370 g/mol. The third kappa shape index (κ3) is 3.41. The highest BCUT2D eigenvalue weighted by Gasteiger charge is 2.60. The molecule has 1 saturated carbocycles. The van der Waals surface area contributed by atoms with Crippen LogP contribution in [0.3, 0.4) is 0 Å². The van der Waals surface area contributed by atoms with Gasteiger partial charge in [-0.1, -0.05) is 60.7 Å². The van der Waals surface area contributed by atoms with E-state index >= 15 is 0 Å². The summed E-state index contributed by atoms with van der Waals surface area (Å²) in [6.07, 6.45) is 2.43. The average Bonchev–Trinajstić information content (AvgIpc) is 3.53. The molecule has 0 aromatic heterocycles. The Morgan fingerprint density at radius 3 is 2.07 bits per heavy atom. The minimum Gasteiger partial charge on any atom is -0.497 e. The second-order valence-electron chi connectivity index (χ2n) is 6.97. The lowest BCUT2D eigenvalue weighted by atomic mass is 9.85. The summed E-state index contributed by atoms with van der Waals surface area (Å²) >= 11 is 0. The van der Waals surface area contributed by atoms with Crippen LogP contribution in [0.1, 0.15) is 23.1 Å². The van der Waals surface area contributed by atoms with Gasteiger partial charge in [-0.25, -0.2) is 5.43 Å². The number of ether oxygens (including phenoxy) is 1. The largest absolute Gasteiger partial charge is 0.497 e. The Bertz CT molecular complexity index is 927. The molecule has 0 radical (unpaired) electrons. The number of hydrazone groups is 1. The zero-order valence-electron chi connectivity index (χ0n) is 15.7. The zero-order valence-corrected chi connectivity index (χ0v) is 15.7. The summed E-state index contributed by atoms with van der Waals surface area (Å²) < 4.78 is 5.14. The molecule has 4 nitrogen and oxygen atoms in total. The lowest BCUT2D eigenvalue weighted by Gasteiger charge is -2.18. The van der Waals surface area contributed by atoms with Crippen LogP contribution in [0.25, 0.3) is 0 Å². The van der Waals surface area contributed by atoms with Gasteiger partial charge in [-0.3, -0.25) is 4.79 Å². The van der Waals surface area contributed by atoms with Gasteiger partial charge in [-0.2, -0.15) is 5.10 Å². The Kier molecular flexibility index (Phi) is 4.94. The molecule has 0 aliphatic heterocycles. The van der Waals surface area contributed by atoms with Gasteiger partial charge < -0.3 is 4.74 Å². The molecule has 1 aliphatic rings. The summed E-state index contributed by atoms with van der Waals surface area (Å²) in [5, 5.41) is 4.15. The van der Waals surface area contributed by atoms with Crippen LogP contribution in [0.15, 0.2) is 90.0 Å². The van der Waals surface area contributed by atoms with E-state index in [-0.39, 0.29) is 17.2 Å². The van der Waals surface area contributed by atoms with Gasteiger partial charge in [0.1, 0.15) is 5.75 Å². The Hall–Kier alpha value is -3.40. The first-order chi connectivity index (χ1) is 13.7. The predicted molar refractivity (Wildman–Crippen MR) is 111 cm³/mol. The molecule has 1 atom stereocenters. The maximum Gasteiger partial charge on any atom is 0.244 e. The van der Waals surface area contributed by atoms with Crippen molar-refractivity contribution >= 4 is 12.1 Å². The van der Waals surface area contributed by atoms with Crippen LogP contribution < -0.4 is 10.2 Å². The lowest BCUT2D eigenvalue weighted by molar-refractivity contribution is -0.122. The van der Waals surface area contributed by atoms with E-state index in [1.165, 1.54) is 11.1 Å². The minimum absolute atomic E-state index is 0.0579. The molecule has 0 bridgehead atoms. The number of benzene rings is 3. The van der Waals surface area contributed by atoms with Crippen LogP contribution in [-0.2, 0) is 10.2 Å². The van der Waals surface area contributed by atoms with E-state index < -0.39 is 0 Å². The van der Waals surface area contributed by atoms with Gasteiger partial charge in [0.25, 0.3) is 0 Å². The fourth-order valence-corrected chi connectivity index (χ4v) is 3.79. The molecule has 1 aliphatic carbocycles. The number of hydrogen-bond acceptors (Lipinski definition) is 3. The molecular formula is C24H22N2O2. The summed E-state index contributed by atoms with van der Waals surface area (Å²) in [4.78, 5) is 12.8. The van der Waals surface area contributed by atoms with Gasteiger partial charge in [0.15, 0.2) is 0 Å². The standard InChI is InChI=1S/C24H22N2O2/c1-28-21-14-12-18(13-15-21)17-25-26-23(27)22-16-24(22,19-8-4-2-5-9-19)20-10-6-3-7-11-20/h2-15,17,22H,16H2,1H3,(H,26,27)/b25-17-/t22-/m0/s1. The fraction of sp³-hybridized carbons (Fsp3) is 0.167. The van der Waals surface area contributed by atoms with Crippen molar-refractivity contribution in [2.45, 2.75) is 11.8 Å². The zero-order chi connectivity index (χ0) is 19.4. The molecule has 3 aromatic carbocycles. The number of carbonyl (C=O) groups is 1. The van der Waals surface area contributed by atoms with E-state index in [1.54, 1.807) is 13.3 Å². The van der Waals surface area contributed by atoms with Crippen molar-refractivity contribution in [1.82, 2.24) is 5.43 Å². The van der Waals surface area contributed by atoms with Crippen LogP contribution in [0.2, 0.25) is 0 Å².